The molecular weight excluding hydrogens is 596 g/mol. The smallest absolute Gasteiger partial charge is 0.262 e. The fourth-order valence-electron chi connectivity index (χ4n) is 3.66. The molecule has 0 aliphatic carbocycles. The third-order valence-electron chi connectivity index (χ3n) is 5.67. The van der Waals surface area contributed by atoms with Gasteiger partial charge in [0.1, 0.15) is 23.3 Å². The van der Waals surface area contributed by atoms with Crippen LogP contribution >= 0.6 is 46.4 Å². The highest BCUT2D eigenvalue weighted by Gasteiger charge is 2.25. The molecule has 4 rings (SSSR count). The number of benzene rings is 3. The molecule has 0 aliphatic heterocycles. The van der Waals surface area contributed by atoms with Crippen LogP contribution in [-0.2, 0) is 16.0 Å². The van der Waals surface area contributed by atoms with Crippen molar-refractivity contribution in [2.75, 3.05) is 0 Å². The molecule has 0 bridgehead atoms. The molecule has 1 heterocycles. The molecule has 4 aromatic rings. The van der Waals surface area contributed by atoms with Crippen LogP contribution in [0.1, 0.15) is 18.2 Å². The van der Waals surface area contributed by atoms with Gasteiger partial charge in [-0.2, -0.15) is 5.10 Å². The van der Waals surface area contributed by atoms with E-state index in [9.17, 15) is 9.59 Å². The Labute approximate surface area is 251 Å². The number of ether oxygens (including phenoxy) is 1. The molecule has 7 nitrogen and oxygen atoms in total. The van der Waals surface area contributed by atoms with E-state index in [-0.39, 0.29) is 11.4 Å². The zero-order valence-electron chi connectivity index (χ0n) is 21.0. The summed E-state index contributed by atoms with van der Waals surface area (Å²) in [4.78, 5) is 26.0. The lowest BCUT2D eigenvalue weighted by Crippen LogP contribution is -2.50. The number of nitrogens with zero attached hydrogens (tertiary/aromatic N) is 1. The van der Waals surface area contributed by atoms with E-state index in [1.54, 1.807) is 49.4 Å². The first kappa shape index (κ1) is 29.5. The summed E-state index contributed by atoms with van der Waals surface area (Å²) in [5.41, 5.74) is 3.97. The van der Waals surface area contributed by atoms with Crippen molar-refractivity contribution in [1.29, 1.82) is 0 Å². The molecule has 2 N–H and O–H groups in total. The van der Waals surface area contributed by atoms with Gasteiger partial charge >= 0.3 is 0 Å². The van der Waals surface area contributed by atoms with E-state index in [0.717, 1.165) is 5.56 Å². The van der Waals surface area contributed by atoms with Crippen molar-refractivity contribution >= 4 is 64.4 Å². The third kappa shape index (κ3) is 8.02. The Morgan fingerprint density at radius 3 is 2.30 bits per heavy atom. The average Bonchev–Trinajstić information content (AvgIpc) is 3.38. The minimum atomic E-state index is -0.950. The standard InChI is InChI=1S/C29H23Cl4N3O4/c1-17(39-27-11-8-20(31)15-24(27)33)28(37)35-25(13-18-5-3-2-4-6-18)29(38)36-34-16-21-9-12-26(40-21)22-10-7-19(30)14-23(22)32/h2-12,14-17,25H,13H2,1H3,(H,35,37)(H,36,38)/b34-16-/t17-,25-/m1/s1. The fourth-order valence-corrected chi connectivity index (χ4v) is 4.61. The maximum atomic E-state index is 13.1. The zero-order valence-corrected chi connectivity index (χ0v) is 24.1. The zero-order chi connectivity index (χ0) is 28.6. The van der Waals surface area contributed by atoms with Crippen molar-refractivity contribution < 1.29 is 18.7 Å². The fraction of sp³-hybridized carbons (Fsp3) is 0.138. The molecule has 0 saturated carbocycles. The molecule has 206 valence electrons. The Kier molecular flexibility index (Phi) is 10.1. The minimum Gasteiger partial charge on any atom is -0.479 e. The number of nitrogens with one attached hydrogen (secondary N) is 2. The van der Waals surface area contributed by atoms with Gasteiger partial charge in [-0.25, -0.2) is 5.43 Å². The SMILES string of the molecule is C[C@@H](Oc1ccc(Cl)cc1Cl)C(=O)N[C@H](Cc1ccccc1)C(=O)N/N=C\c1ccc(-c2ccc(Cl)cc2Cl)o1. The van der Waals surface area contributed by atoms with Gasteiger partial charge in [-0.3, -0.25) is 9.59 Å². The van der Waals surface area contributed by atoms with Gasteiger partial charge < -0.3 is 14.5 Å². The van der Waals surface area contributed by atoms with Crippen LogP contribution < -0.4 is 15.5 Å². The first-order chi connectivity index (χ1) is 19.2. The van der Waals surface area contributed by atoms with Crippen molar-refractivity contribution in [1.82, 2.24) is 10.7 Å². The van der Waals surface area contributed by atoms with Crippen LogP contribution in [0.4, 0.5) is 0 Å². The van der Waals surface area contributed by atoms with E-state index in [0.29, 0.717) is 37.9 Å². The Morgan fingerprint density at radius 2 is 1.60 bits per heavy atom. The van der Waals surface area contributed by atoms with Gasteiger partial charge in [0.05, 0.1) is 16.3 Å². The van der Waals surface area contributed by atoms with Crippen LogP contribution in [0.15, 0.2) is 88.4 Å². The number of rotatable bonds is 10. The van der Waals surface area contributed by atoms with Crippen LogP contribution in [0.3, 0.4) is 0 Å². The Bertz CT molecular complexity index is 1520. The van der Waals surface area contributed by atoms with Crippen molar-refractivity contribution in [3.8, 4) is 17.1 Å². The summed E-state index contributed by atoms with van der Waals surface area (Å²) in [6.45, 7) is 1.55. The highest BCUT2D eigenvalue weighted by atomic mass is 35.5. The topological polar surface area (TPSA) is 92.9 Å². The molecule has 0 unspecified atom stereocenters. The summed E-state index contributed by atoms with van der Waals surface area (Å²) in [7, 11) is 0. The number of furan rings is 1. The predicted molar refractivity (Wildman–Crippen MR) is 159 cm³/mol. The highest BCUT2D eigenvalue weighted by molar-refractivity contribution is 6.36. The summed E-state index contributed by atoms with van der Waals surface area (Å²) in [5, 5.41) is 8.39. The number of carbonyl (C=O) groups excluding carboxylic acids is 2. The van der Waals surface area contributed by atoms with Gasteiger partial charge in [0.2, 0.25) is 0 Å². The second-order valence-electron chi connectivity index (χ2n) is 8.65. The number of halogens is 4. The molecule has 1 aromatic heterocycles. The summed E-state index contributed by atoms with van der Waals surface area (Å²) in [6.07, 6.45) is 0.623. The number of amides is 2. The van der Waals surface area contributed by atoms with E-state index in [1.807, 2.05) is 30.3 Å². The van der Waals surface area contributed by atoms with Gasteiger partial charge in [-0.1, -0.05) is 76.7 Å². The Balaban J connectivity index is 1.42. The maximum Gasteiger partial charge on any atom is 0.262 e. The molecule has 11 heteroatoms. The monoisotopic (exact) mass is 617 g/mol. The highest BCUT2D eigenvalue weighted by Crippen LogP contribution is 2.31. The minimum absolute atomic E-state index is 0.225. The van der Waals surface area contributed by atoms with Crippen molar-refractivity contribution in [2.24, 2.45) is 5.10 Å². The molecule has 0 saturated heterocycles. The second kappa shape index (κ2) is 13.7. The van der Waals surface area contributed by atoms with Crippen molar-refractivity contribution in [2.45, 2.75) is 25.5 Å². The normalized spacial score (nSPS) is 12.6. The summed E-state index contributed by atoms with van der Waals surface area (Å²) >= 11 is 24.3. The van der Waals surface area contributed by atoms with Gasteiger partial charge in [-0.15, -0.1) is 0 Å². The largest absolute Gasteiger partial charge is 0.479 e. The van der Waals surface area contributed by atoms with Gasteiger partial charge in [-0.05, 0) is 61.0 Å². The van der Waals surface area contributed by atoms with E-state index in [4.69, 9.17) is 55.6 Å². The molecule has 0 aliphatic rings. The predicted octanol–water partition coefficient (Wildman–Crippen LogP) is 7.21. The first-order valence-corrected chi connectivity index (χ1v) is 13.5. The molecule has 0 radical (unpaired) electrons. The summed E-state index contributed by atoms with van der Waals surface area (Å²) in [5.74, 6) is 0.143. The number of hydrazone groups is 1. The molecule has 2 amide bonds. The molecule has 0 spiro atoms. The lowest BCUT2D eigenvalue weighted by atomic mass is 10.1. The lowest BCUT2D eigenvalue weighted by Gasteiger charge is -2.21. The van der Waals surface area contributed by atoms with Crippen LogP contribution in [0.2, 0.25) is 20.1 Å². The number of hydrogen-bond donors (Lipinski definition) is 2. The number of hydrogen-bond acceptors (Lipinski definition) is 5. The quantitative estimate of drug-likeness (QED) is 0.145. The van der Waals surface area contributed by atoms with Crippen molar-refractivity contribution in [3.05, 3.63) is 110 Å². The molecular formula is C29H23Cl4N3O4. The van der Waals surface area contributed by atoms with E-state index in [1.165, 1.54) is 12.3 Å². The van der Waals surface area contributed by atoms with E-state index in [2.05, 4.69) is 15.8 Å². The van der Waals surface area contributed by atoms with Crippen LogP contribution in [0, 0.1) is 0 Å². The van der Waals surface area contributed by atoms with Gasteiger partial charge in [0.15, 0.2) is 6.10 Å². The Morgan fingerprint density at radius 1 is 0.900 bits per heavy atom. The average molecular weight is 619 g/mol. The number of carbonyl (C=O) groups is 2. The van der Waals surface area contributed by atoms with Crippen molar-refractivity contribution in [3.63, 3.8) is 0 Å². The molecule has 0 fully saturated rings. The van der Waals surface area contributed by atoms with Crippen LogP contribution in [-0.4, -0.2) is 30.2 Å². The summed E-state index contributed by atoms with van der Waals surface area (Å²) in [6, 6.07) is 21.5. The lowest BCUT2D eigenvalue weighted by molar-refractivity contribution is -0.132. The Hall–Kier alpha value is -3.49. The van der Waals surface area contributed by atoms with E-state index >= 15 is 0 Å². The van der Waals surface area contributed by atoms with Crippen LogP contribution in [0.5, 0.6) is 5.75 Å². The maximum absolute atomic E-state index is 13.1. The summed E-state index contributed by atoms with van der Waals surface area (Å²) < 4.78 is 11.5. The van der Waals surface area contributed by atoms with Gasteiger partial charge in [0.25, 0.3) is 11.8 Å². The van der Waals surface area contributed by atoms with Crippen LogP contribution in [0.25, 0.3) is 11.3 Å². The second-order valence-corrected chi connectivity index (χ2v) is 10.3. The third-order valence-corrected chi connectivity index (χ3v) is 6.75. The first-order valence-electron chi connectivity index (χ1n) is 12.0. The molecule has 2 atom stereocenters. The molecule has 40 heavy (non-hydrogen) atoms. The van der Waals surface area contributed by atoms with Gasteiger partial charge in [0, 0.05) is 22.0 Å². The van der Waals surface area contributed by atoms with E-state index < -0.39 is 24.0 Å². The molecule has 3 aromatic carbocycles.